The monoisotopic (exact) mass is 373 g/mol. The Morgan fingerprint density at radius 3 is 2.36 bits per heavy atom. The van der Waals surface area contributed by atoms with E-state index in [-0.39, 0.29) is 0 Å². The van der Waals surface area contributed by atoms with Crippen LogP contribution in [0, 0.1) is 6.92 Å². The molecule has 0 unspecified atom stereocenters. The van der Waals surface area contributed by atoms with Gasteiger partial charge in [0.25, 0.3) is 0 Å². The van der Waals surface area contributed by atoms with Crippen molar-refractivity contribution >= 4 is 32.2 Å². The Bertz CT molecular complexity index is 947. The zero-order valence-electron chi connectivity index (χ0n) is 14.0. The molecule has 5 nitrogen and oxygen atoms in total. The number of benzene rings is 2. The van der Waals surface area contributed by atoms with Gasteiger partial charge in [-0.3, -0.25) is 4.72 Å². The van der Waals surface area contributed by atoms with Crippen molar-refractivity contribution in [2.45, 2.75) is 13.5 Å². The van der Waals surface area contributed by atoms with Gasteiger partial charge in [-0.05, 0) is 24.6 Å². The lowest BCUT2D eigenvalue weighted by Crippen LogP contribution is -2.09. The third-order valence-corrected chi connectivity index (χ3v) is 4.96. The quantitative estimate of drug-likeness (QED) is 0.682. The zero-order chi connectivity index (χ0) is 17.9. The van der Waals surface area contributed by atoms with E-state index in [0.717, 1.165) is 29.2 Å². The lowest BCUT2D eigenvalue weighted by Gasteiger charge is -2.04. The number of hydrogen-bond acceptors (Lipinski definition) is 5. The maximum Gasteiger partial charge on any atom is 0.229 e. The number of anilines is 2. The van der Waals surface area contributed by atoms with Gasteiger partial charge in [0.05, 0.1) is 11.9 Å². The minimum atomic E-state index is -3.26. The third-order valence-electron chi connectivity index (χ3n) is 3.55. The van der Waals surface area contributed by atoms with Crippen LogP contribution in [0.5, 0.6) is 0 Å². The molecule has 2 N–H and O–H groups in total. The van der Waals surface area contributed by atoms with Crippen molar-refractivity contribution in [3.8, 4) is 11.3 Å². The molecule has 1 aromatic heterocycles. The van der Waals surface area contributed by atoms with Gasteiger partial charge in [-0.1, -0.05) is 42.0 Å². The normalized spacial score (nSPS) is 11.3. The van der Waals surface area contributed by atoms with Crippen LogP contribution in [-0.4, -0.2) is 19.7 Å². The summed E-state index contributed by atoms with van der Waals surface area (Å²) in [7, 11) is -3.26. The Labute approximate surface area is 151 Å². The number of nitrogens with one attached hydrogen (secondary N) is 2. The van der Waals surface area contributed by atoms with Crippen LogP contribution < -0.4 is 10.0 Å². The first-order valence-electron chi connectivity index (χ1n) is 7.72. The summed E-state index contributed by atoms with van der Waals surface area (Å²) >= 11 is 1.55. The lowest BCUT2D eigenvalue weighted by atomic mass is 10.1. The molecule has 2 aromatic carbocycles. The number of aromatic nitrogens is 1. The second-order valence-corrected chi connectivity index (χ2v) is 8.44. The molecule has 0 spiro atoms. The Morgan fingerprint density at radius 1 is 1.04 bits per heavy atom. The highest BCUT2D eigenvalue weighted by Gasteiger charge is 2.06. The molecule has 0 saturated heterocycles. The fraction of sp³-hybridized carbons (Fsp3) is 0.167. The molecule has 25 heavy (non-hydrogen) atoms. The summed E-state index contributed by atoms with van der Waals surface area (Å²) in [5.74, 6) is 0. The summed E-state index contributed by atoms with van der Waals surface area (Å²) in [4.78, 5) is 4.59. The molecular weight excluding hydrogens is 354 g/mol. The van der Waals surface area contributed by atoms with E-state index >= 15 is 0 Å². The van der Waals surface area contributed by atoms with E-state index in [4.69, 9.17) is 0 Å². The van der Waals surface area contributed by atoms with Gasteiger partial charge in [-0.25, -0.2) is 13.4 Å². The van der Waals surface area contributed by atoms with Crippen molar-refractivity contribution in [1.29, 1.82) is 0 Å². The van der Waals surface area contributed by atoms with E-state index in [2.05, 4.69) is 46.2 Å². The van der Waals surface area contributed by atoms with Gasteiger partial charge in [0.1, 0.15) is 0 Å². The lowest BCUT2D eigenvalue weighted by molar-refractivity contribution is 0.607. The number of rotatable bonds is 6. The number of thiazole rings is 1. The largest absolute Gasteiger partial charge is 0.357 e. The standard InChI is InChI=1S/C18H19N3O2S2/c1-13-3-5-14(6-4-13)11-19-18-20-17(12-24-18)15-7-9-16(10-8-15)21-25(2,22)23/h3-10,12,21H,11H2,1-2H3,(H,19,20). The van der Waals surface area contributed by atoms with Crippen LogP contribution in [0.3, 0.4) is 0 Å². The molecule has 0 saturated carbocycles. The van der Waals surface area contributed by atoms with Crippen molar-refractivity contribution in [2.24, 2.45) is 0 Å². The smallest absolute Gasteiger partial charge is 0.229 e. The van der Waals surface area contributed by atoms with E-state index < -0.39 is 10.0 Å². The van der Waals surface area contributed by atoms with Gasteiger partial charge in [0.15, 0.2) is 5.13 Å². The molecule has 0 radical (unpaired) electrons. The van der Waals surface area contributed by atoms with Crippen LogP contribution in [0.25, 0.3) is 11.3 Å². The van der Waals surface area contributed by atoms with Crippen LogP contribution in [0.15, 0.2) is 53.9 Å². The van der Waals surface area contributed by atoms with Crippen molar-refractivity contribution in [1.82, 2.24) is 4.98 Å². The van der Waals surface area contributed by atoms with E-state index in [9.17, 15) is 8.42 Å². The van der Waals surface area contributed by atoms with E-state index in [1.54, 1.807) is 23.5 Å². The van der Waals surface area contributed by atoms with Crippen LogP contribution in [0.4, 0.5) is 10.8 Å². The van der Waals surface area contributed by atoms with Crippen LogP contribution in [-0.2, 0) is 16.6 Å². The van der Waals surface area contributed by atoms with Crippen LogP contribution >= 0.6 is 11.3 Å². The Hall–Kier alpha value is -2.38. The summed E-state index contributed by atoms with van der Waals surface area (Å²) in [6.45, 7) is 2.80. The first-order valence-corrected chi connectivity index (χ1v) is 10.5. The highest BCUT2D eigenvalue weighted by Crippen LogP contribution is 2.26. The molecule has 0 fully saturated rings. The molecule has 0 aliphatic rings. The van der Waals surface area contributed by atoms with Crippen molar-refractivity contribution < 1.29 is 8.42 Å². The topological polar surface area (TPSA) is 71.1 Å². The zero-order valence-corrected chi connectivity index (χ0v) is 15.6. The predicted octanol–water partition coefficient (Wildman–Crippen LogP) is 4.10. The van der Waals surface area contributed by atoms with Gasteiger partial charge in [-0.15, -0.1) is 11.3 Å². The van der Waals surface area contributed by atoms with E-state index in [0.29, 0.717) is 5.69 Å². The van der Waals surface area contributed by atoms with Gasteiger partial charge in [0, 0.05) is 23.2 Å². The molecule has 1 heterocycles. The van der Waals surface area contributed by atoms with Gasteiger partial charge < -0.3 is 5.32 Å². The summed E-state index contributed by atoms with van der Waals surface area (Å²) in [6.07, 6.45) is 1.13. The molecule has 7 heteroatoms. The fourth-order valence-corrected chi connectivity index (χ4v) is 3.58. The SMILES string of the molecule is Cc1ccc(CNc2nc(-c3ccc(NS(C)(=O)=O)cc3)cs2)cc1. The highest BCUT2D eigenvalue weighted by atomic mass is 32.2. The summed E-state index contributed by atoms with van der Waals surface area (Å²) in [5, 5.41) is 6.17. The Balaban J connectivity index is 1.65. The summed E-state index contributed by atoms with van der Waals surface area (Å²) in [6, 6.07) is 15.6. The number of sulfonamides is 1. The highest BCUT2D eigenvalue weighted by molar-refractivity contribution is 7.92. The molecular formula is C18H19N3O2S2. The van der Waals surface area contributed by atoms with Gasteiger partial charge >= 0.3 is 0 Å². The Kier molecular flexibility index (Phi) is 5.06. The molecule has 3 aromatic rings. The molecule has 3 rings (SSSR count). The number of aryl methyl sites for hydroxylation is 1. The Morgan fingerprint density at radius 2 is 1.72 bits per heavy atom. The number of nitrogens with zero attached hydrogens (tertiary/aromatic N) is 1. The summed E-state index contributed by atoms with van der Waals surface area (Å²) < 4.78 is 24.9. The summed E-state index contributed by atoms with van der Waals surface area (Å²) in [5.41, 5.74) is 4.80. The average molecular weight is 374 g/mol. The van der Waals surface area contributed by atoms with Crippen LogP contribution in [0.1, 0.15) is 11.1 Å². The number of hydrogen-bond donors (Lipinski definition) is 2. The minimum Gasteiger partial charge on any atom is -0.357 e. The molecule has 0 atom stereocenters. The second-order valence-electron chi connectivity index (χ2n) is 5.83. The van der Waals surface area contributed by atoms with E-state index in [1.807, 2.05) is 17.5 Å². The van der Waals surface area contributed by atoms with Crippen molar-refractivity contribution in [3.05, 3.63) is 65.0 Å². The molecule has 0 aliphatic heterocycles. The third kappa shape index (κ3) is 5.04. The van der Waals surface area contributed by atoms with Crippen molar-refractivity contribution in [3.63, 3.8) is 0 Å². The van der Waals surface area contributed by atoms with Gasteiger partial charge in [-0.2, -0.15) is 0 Å². The minimum absolute atomic E-state index is 0.541. The molecule has 0 aliphatic carbocycles. The van der Waals surface area contributed by atoms with Crippen molar-refractivity contribution in [2.75, 3.05) is 16.3 Å². The molecule has 130 valence electrons. The first kappa shape index (κ1) is 17.4. The van der Waals surface area contributed by atoms with Gasteiger partial charge in [0.2, 0.25) is 10.0 Å². The second kappa shape index (κ2) is 7.25. The molecule has 0 amide bonds. The predicted molar refractivity (Wildman–Crippen MR) is 105 cm³/mol. The maximum atomic E-state index is 11.2. The van der Waals surface area contributed by atoms with E-state index in [1.165, 1.54) is 11.1 Å². The average Bonchev–Trinajstić information content (AvgIpc) is 3.02. The van der Waals surface area contributed by atoms with Crippen LogP contribution in [0.2, 0.25) is 0 Å². The molecule has 0 bridgehead atoms. The maximum absolute atomic E-state index is 11.2. The first-order chi connectivity index (χ1) is 11.9. The fourth-order valence-electron chi connectivity index (χ4n) is 2.29.